The quantitative estimate of drug-likeness (QED) is 0.270. The molecule has 37 heavy (non-hydrogen) atoms. The number of benzene rings is 2. The highest BCUT2D eigenvalue weighted by Gasteiger charge is 2.25. The van der Waals surface area contributed by atoms with Crippen LogP contribution in [0.4, 0.5) is 8.78 Å². The standard InChI is InChI=1S/C29H25Cl2F2N3O/c1-29(2,3)35-13-11-17(12-14-35)24-16-25-20(27(34-24)19-8-7-18(32)15-23(19)33)9-10-26(37)36(25)28-21(30)5-4-6-22(28)31/h4-11,15-16H,12-14H2,1-3H3. The summed E-state index contributed by atoms with van der Waals surface area (Å²) in [6, 6.07) is 13.2. The molecule has 0 amide bonds. The monoisotopic (exact) mass is 539 g/mol. The summed E-state index contributed by atoms with van der Waals surface area (Å²) >= 11 is 13.0. The van der Waals surface area contributed by atoms with E-state index in [9.17, 15) is 9.18 Å². The molecule has 0 N–H and O–H groups in total. The first-order valence-corrected chi connectivity index (χ1v) is 12.7. The highest BCUT2D eigenvalue weighted by atomic mass is 35.5. The molecule has 2 aromatic heterocycles. The van der Waals surface area contributed by atoms with Crippen LogP contribution in [-0.2, 0) is 0 Å². The maximum Gasteiger partial charge on any atom is 0.255 e. The molecule has 0 saturated heterocycles. The Morgan fingerprint density at radius 3 is 2.32 bits per heavy atom. The lowest BCUT2D eigenvalue weighted by molar-refractivity contribution is 0.153. The molecule has 0 aliphatic carbocycles. The lowest BCUT2D eigenvalue weighted by Crippen LogP contribution is -2.43. The van der Waals surface area contributed by atoms with Crippen molar-refractivity contribution in [3.8, 4) is 16.9 Å². The Labute approximate surface area is 223 Å². The first-order valence-electron chi connectivity index (χ1n) is 12.0. The molecule has 190 valence electrons. The summed E-state index contributed by atoms with van der Waals surface area (Å²) < 4.78 is 30.2. The number of para-hydroxylation sites is 1. The molecule has 0 fully saturated rings. The number of fused-ring (bicyclic) bond motifs is 1. The van der Waals surface area contributed by atoms with E-state index in [1.165, 1.54) is 22.8 Å². The highest BCUT2D eigenvalue weighted by Crippen LogP contribution is 2.36. The Morgan fingerprint density at radius 2 is 1.70 bits per heavy atom. The van der Waals surface area contributed by atoms with Crippen LogP contribution in [0.1, 0.15) is 32.9 Å². The molecule has 3 heterocycles. The zero-order valence-electron chi connectivity index (χ0n) is 20.7. The molecular weight excluding hydrogens is 515 g/mol. The minimum Gasteiger partial charge on any atom is -0.294 e. The predicted molar refractivity (Wildman–Crippen MR) is 147 cm³/mol. The average molecular weight is 540 g/mol. The first-order chi connectivity index (χ1) is 17.5. The van der Waals surface area contributed by atoms with Gasteiger partial charge in [0.2, 0.25) is 0 Å². The van der Waals surface area contributed by atoms with E-state index in [4.69, 9.17) is 28.2 Å². The maximum atomic E-state index is 15.0. The molecule has 5 rings (SSSR count). The second kappa shape index (κ2) is 9.67. The number of aromatic nitrogens is 2. The van der Waals surface area contributed by atoms with E-state index < -0.39 is 11.6 Å². The Balaban J connectivity index is 1.82. The van der Waals surface area contributed by atoms with Crippen LogP contribution in [0.5, 0.6) is 0 Å². The van der Waals surface area contributed by atoms with Gasteiger partial charge in [0, 0.05) is 41.7 Å². The number of hydrogen-bond donors (Lipinski definition) is 0. The average Bonchev–Trinajstić information content (AvgIpc) is 2.84. The van der Waals surface area contributed by atoms with Crippen LogP contribution in [0.15, 0.2) is 65.5 Å². The van der Waals surface area contributed by atoms with Crippen LogP contribution in [0.3, 0.4) is 0 Å². The molecule has 0 bridgehead atoms. The normalized spacial score (nSPS) is 14.7. The van der Waals surface area contributed by atoms with Crippen LogP contribution < -0.4 is 5.56 Å². The van der Waals surface area contributed by atoms with Gasteiger partial charge < -0.3 is 0 Å². The van der Waals surface area contributed by atoms with Crippen molar-refractivity contribution in [2.24, 2.45) is 0 Å². The lowest BCUT2D eigenvalue weighted by Gasteiger charge is -2.37. The number of rotatable bonds is 3. The van der Waals surface area contributed by atoms with Crippen molar-refractivity contribution in [1.29, 1.82) is 0 Å². The Morgan fingerprint density at radius 1 is 0.973 bits per heavy atom. The van der Waals surface area contributed by atoms with E-state index in [1.807, 2.05) is 6.07 Å². The first kappa shape index (κ1) is 25.6. The Bertz CT molecular complexity index is 1600. The van der Waals surface area contributed by atoms with Crippen LogP contribution in [0, 0.1) is 11.6 Å². The van der Waals surface area contributed by atoms with Crippen molar-refractivity contribution in [1.82, 2.24) is 14.5 Å². The van der Waals surface area contributed by atoms with E-state index in [-0.39, 0.29) is 16.7 Å². The summed E-state index contributed by atoms with van der Waals surface area (Å²) in [5.74, 6) is -1.42. The predicted octanol–water partition coefficient (Wildman–Crippen LogP) is 7.53. The summed E-state index contributed by atoms with van der Waals surface area (Å²) in [7, 11) is 0. The van der Waals surface area contributed by atoms with Gasteiger partial charge in [0.1, 0.15) is 11.6 Å². The molecule has 0 radical (unpaired) electrons. The fourth-order valence-corrected chi connectivity index (χ4v) is 5.30. The van der Waals surface area contributed by atoms with Gasteiger partial charge in [0.05, 0.1) is 32.6 Å². The third-order valence-corrected chi connectivity index (χ3v) is 7.33. The largest absolute Gasteiger partial charge is 0.294 e. The van der Waals surface area contributed by atoms with Crippen molar-refractivity contribution in [3.05, 3.63) is 98.4 Å². The van der Waals surface area contributed by atoms with Gasteiger partial charge in [-0.25, -0.2) is 13.8 Å². The molecule has 0 saturated carbocycles. The number of nitrogens with zero attached hydrogens (tertiary/aromatic N) is 3. The third kappa shape index (κ3) is 4.81. The zero-order chi connectivity index (χ0) is 26.5. The van der Waals surface area contributed by atoms with E-state index >= 15 is 4.39 Å². The van der Waals surface area contributed by atoms with Crippen molar-refractivity contribution in [2.75, 3.05) is 13.1 Å². The van der Waals surface area contributed by atoms with Crippen molar-refractivity contribution < 1.29 is 8.78 Å². The molecule has 0 spiro atoms. The fraction of sp³-hybridized carbons (Fsp3) is 0.241. The number of hydrogen-bond acceptors (Lipinski definition) is 3. The molecule has 8 heteroatoms. The Kier molecular flexibility index (Phi) is 6.69. The molecular formula is C29H25Cl2F2N3O. The van der Waals surface area contributed by atoms with E-state index in [0.717, 1.165) is 31.1 Å². The Hall–Kier alpha value is -3.06. The number of halogens is 4. The second-order valence-electron chi connectivity index (χ2n) is 10.1. The van der Waals surface area contributed by atoms with Gasteiger partial charge in [-0.3, -0.25) is 14.3 Å². The second-order valence-corrected chi connectivity index (χ2v) is 10.9. The van der Waals surface area contributed by atoms with Crippen LogP contribution >= 0.6 is 23.2 Å². The SMILES string of the molecule is CC(C)(C)N1CC=C(c2cc3c(ccc(=O)n3-c3c(Cl)cccc3Cl)c(-c3ccc(F)cc3F)n2)CC1. The molecule has 2 aromatic carbocycles. The van der Waals surface area contributed by atoms with Crippen molar-refractivity contribution in [2.45, 2.75) is 32.7 Å². The van der Waals surface area contributed by atoms with Gasteiger partial charge in [-0.2, -0.15) is 0 Å². The maximum absolute atomic E-state index is 15.0. The fourth-order valence-electron chi connectivity index (χ4n) is 4.73. The van der Waals surface area contributed by atoms with Crippen LogP contribution in [-0.4, -0.2) is 33.1 Å². The zero-order valence-corrected chi connectivity index (χ0v) is 22.2. The minimum atomic E-state index is -0.740. The molecule has 0 unspecified atom stereocenters. The lowest BCUT2D eigenvalue weighted by atomic mass is 9.97. The van der Waals surface area contributed by atoms with Gasteiger partial charge in [0.15, 0.2) is 0 Å². The third-order valence-electron chi connectivity index (χ3n) is 6.72. The summed E-state index contributed by atoms with van der Waals surface area (Å²) in [6.07, 6.45) is 2.84. The summed E-state index contributed by atoms with van der Waals surface area (Å²) in [5.41, 5.74) is 2.52. The smallest absolute Gasteiger partial charge is 0.255 e. The van der Waals surface area contributed by atoms with E-state index in [2.05, 4.69) is 31.7 Å². The van der Waals surface area contributed by atoms with Crippen molar-refractivity contribution in [3.63, 3.8) is 0 Å². The minimum absolute atomic E-state index is 0.0164. The number of pyridine rings is 2. The van der Waals surface area contributed by atoms with Crippen molar-refractivity contribution >= 4 is 39.7 Å². The topological polar surface area (TPSA) is 38.1 Å². The van der Waals surface area contributed by atoms with Gasteiger partial charge in [-0.1, -0.05) is 35.3 Å². The van der Waals surface area contributed by atoms with Gasteiger partial charge in [-0.05, 0) is 69.2 Å². The van der Waals surface area contributed by atoms with Crippen LogP contribution in [0.25, 0.3) is 33.4 Å². The van der Waals surface area contributed by atoms with Gasteiger partial charge >= 0.3 is 0 Å². The molecule has 1 aliphatic rings. The summed E-state index contributed by atoms with van der Waals surface area (Å²) in [4.78, 5) is 20.4. The summed E-state index contributed by atoms with van der Waals surface area (Å²) in [5, 5.41) is 1.11. The van der Waals surface area contributed by atoms with E-state index in [1.54, 1.807) is 24.3 Å². The van der Waals surface area contributed by atoms with Crippen LogP contribution in [0.2, 0.25) is 10.0 Å². The molecule has 0 atom stereocenters. The molecule has 4 aromatic rings. The van der Waals surface area contributed by atoms with Gasteiger partial charge in [-0.15, -0.1) is 0 Å². The molecule has 4 nitrogen and oxygen atoms in total. The molecule has 1 aliphatic heterocycles. The highest BCUT2D eigenvalue weighted by molar-refractivity contribution is 6.37. The van der Waals surface area contributed by atoms with Gasteiger partial charge in [0.25, 0.3) is 5.56 Å². The van der Waals surface area contributed by atoms with E-state index in [0.29, 0.717) is 38.0 Å². The summed E-state index contributed by atoms with van der Waals surface area (Å²) in [6.45, 7) is 8.06.